The summed E-state index contributed by atoms with van der Waals surface area (Å²) >= 11 is 6.18. The van der Waals surface area contributed by atoms with Gasteiger partial charge in [-0.1, -0.05) is 18.5 Å². The number of hydrogen-bond acceptors (Lipinski definition) is 3. The largest absolute Gasteiger partial charge is 0.373 e. The predicted octanol–water partition coefficient (Wildman–Crippen LogP) is 2.51. The molecule has 1 heterocycles. The minimum absolute atomic E-state index is 0.279. The minimum Gasteiger partial charge on any atom is -0.373 e. The zero-order chi connectivity index (χ0) is 13.1. The Hall–Kier alpha value is -0.580. The van der Waals surface area contributed by atoms with Gasteiger partial charge < -0.3 is 10.5 Å². The normalized spacial score (nSPS) is 14.9. The average molecular weight is 260 g/mol. The fraction of sp³-hybridized carbons (Fsp3) is 0.750. The number of nitrogens with two attached hydrogens (primary N) is 1. The van der Waals surface area contributed by atoms with E-state index in [9.17, 15) is 0 Å². The van der Waals surface area contributed by atoms with Gasteiger partial charge in [-0.25, -0.2) is 0 Å². The van der Waals surface area contributed by atoms with Crippen LogP contribution >= 0.6 is 11.6 Å². The van der Waals surface area contributed by atoms with Gasteiger partial charge in [0.25, 0.3) is 0 Å². The topological polar surface area (TPSA) is 53.1 Å². The molecule has 1 unspecified atom stereocenters. The molecule has 1 atom stereocenters. The van der Waals surface area contributed by atoms with Crippen molar-refractivity contribution in [3.05, 3.63) is 16.4 Å². The Labute approximate surface area is 108 Å². The molecule has 0 bridgehead atoms. The molecule has 1 aromatic heterocycles. The standard InChI is InChI=1S/C12H22ClN3O/c1-5-12(4,14)8-17-7-10-11(13)9(3)15-16(10)6-2/h5-8,14H2,1-4H3. The van der Waals surface area contributed by atoms with E-state index in [1.165, 1.54) is 0 Å². The predicted molar refractivity (Wildman–Crippen MR) is 70.2 cm³/mol. The lowest BCUT2D eigenvalue weighted by Gasteiger charge is -2.22. The highest BCUT2D eigenvalue weighted by atomic mass is 35.5. The van der Waals surface area contributed by atoms with Crippen LogP contribution in [0.1, 0.15) is 38.6 Å². The molecule has 1 rings (SSSR count). The van der Waals surface area contributed by atoms with Crippen molar-refractivity contribution in [2.24, 2.45) is 5.73 Å². The van der Waals surface area contributed by atoms with Crippen LogP contribution in [0.4, 0.5) is 0 Å². The fourth-order valence-corrected chi connectivity index (χ4v) is 1.68. The number of rotatable bonds is 6. The van der Waals surface area contributed by atoms with Crippen LogP contribution in [0.15, 0.2) is 0 Å². The van der Waals surface area contributed by atoms with Gasteiger partial charge in [0.05, 0.1) is 29.6 Å². The van der Waals surface area contributed by atoms with Crippen LogP contribution in [-0.4, -0.2) is 21.9 Å². The molecule has 0 aromatic carbocycles. The molecule has 0 saturated carbocycles. The first-order valence-electron chi connectivity index (χ1n) is 5.99. The van der Waals surface area contributed by atoms with Crippen molar-refractivity contribution in [2.75, 3.05) is 6.61 Å². The minimum atomic E-state index is -0.279. The molecule has 0 fully saturated rings. The maximum absolute atomic E-state index is 6.18. The van der Waals surface area contributed by atoms with E-state index < -0.39 is 0 Å². The first-order chi connectivity index (χ1) is 7.91. The SMILES string of the molecule is CCn1nc(C)c(Cl)c1COCC(C)(N)CC. The molecule has 0 aliphatic heterocycles. The Kier molecular flexibility index (Phi) is 4.98. The highest BCUT2D eigenvalue weighted by molar-refractivity contribution is 6.31. The molecule has 0 amide bonds. The van der Waals surface area contributed by atoms with Crippen molar-refractivity contribution in [1.29, 1.82) is 0 Å². The van der Waals surface area contributed by atoms with E-state index in [4.69, 9.17) is 22.1 Å². The van der Waals surface area contributed by atoms with Crippen LogP contribution in [0.3, 0.4) is 0 Å². The van der Waals surface area contributed by atoms with Crippen LogP contribution in [0.5, 0.6) is 0 Å². The number of aromatic nitrogens is 2. The van der Waals surface area contributed by atoms with Gasteiger partial charge in [-0.05, 0) is 27.2 Å². The van der Waals surface area contributed by atoms with E-state index in [-0.39, 0.29) is 5.54 Å². The maximum Gasteiger partial charge on any atom is 0.0900 e. The summed E-state index contributed by atoms with van der Waals surface area (Å²) in [5.41, 5.74) is 7.51. The summed E-state index contributed by atoms with van der Waals surface area (Å²) in [6, 6.07) is 0. The molecular weight excluding hydrogens is 238 g/mol. The number of hydrogen-bond donors (Lipinski definition) is 1. The summed E-state index contributed by atoms with van der Waals surface area (Å²) in [6.45, 7) is 9.74. The number of aryl methyl sites for hydroxylation is 2. The van der Waals surface area contributed by atoms with Crippen molar-refractivity contribution in [1.82, 2.24) is 9.78 Å². The molecule has 1 aromatic rings. The van der Waals surface area contributed by atoms with Gasteiger partial charge in [-0.3, -0.25) is 4.68 Å². The maximum atomic E-state index is 6.18. The van der Waals surface area contributed by atoms with Crippen molar-refractivity contribution >= 4 is 11.6 Å². The summed E-state index contributed by atoms with van der Waals surface area (Å²) in [5, 5.41) is 5.03. The lowest BCUT2D eigenvalue weighted by molar-refractivity contribution is 0.0735. The van der Waals surface area contributed by atoms with Crippen LogP contribution < -0.4 is 5.73 Å². The zero-order valence-electron chi connectivity index (χ0n) is 11.1. The summed E-state index contributed by atoms with van der Waals surface area (Å²) in [7, 11) is 0. The monoisotopic (exact) mass is 259 g/mol. The molecule has 0 aliphatic carbocycles. The van der Waals surface area contributed by atoms with Crippen LogP contribution in [0.25, 0.3) is 0 Å². The van der Waals surface area contributed by atoms with Gasteiger partial charge in [0, 0.05) is 12.1 Å². The molecule has 0 radical (unpaired) electrons. The number of ether oxygens (including phenoxy) is 1. The molecule has 2 N–H and O–H groups in total. The van der Waals surface area contributed by atoms with Crippen LogP contribution in [-0.2, 0) is 17.9 Å². The van der Waals surface area contributed by atoms with Crippen molar-refractivity contribution in [3.63, 3.8) is 0 Å². The highest BCUT2D eigenvalue weighted by Crippen LogP contribution is 2.21. The van der Waals surface area contributed by atoms with Crippen molar-refractivity contribution < 1.29 is 4.74 Å². The molecule has 0 spiro atoms. The lowest BCUT2D eigenvalue weighted by atomic mass is 10.0. The Bertz CT molecular complexity index is 374. The smallest absolute Gasteiger partial charge is 0.0900 e. The second-order valence-corrected chi connectivity index (χ2v) is 5.04. The van der Waals surface area contributed by atoms with E-state index in [0.29, 0.717) is 18.2 Å². The van der Waals surface area contributed by atoms with E-state index >= 15 is 0 Å². The molecule has 4 nitrogen and oxygen atoms in total. The zero-order valence-corrected chi connectivity index (χ0v) is 11.8. The number of halogens is 1. The van der Waals surface area contributed by atoms with Gasteiger partial charge >= 0.3 is 0 Å². The van der Waals surface area contributed by atoms with Crippen molar-refractivity contribution in [3.8, 4) is 0 Å². The third-order valence-electron chi connectivity index (χ3n) is 2.93. The van der Waals surface area contributed by atoms with Gasteiger partial charge in [0.2, 0.25) is 0 Å². The first-order valence-corrected chi connectivity index (χ1v) is 6.37. The van der Waals surface area contributed by atoms with E-state index in [0.717, 1.165) is 24.4 Å². The lowest BCUT2D eigenvalue weighted by Crippen LogP contribution is -2.40. The Morgan fingerprint density at radius 3 is 2.65 bits per heavy atom. The molecular formula is C12H22ClN3O. The second-order valence-electron chi connectivity index (χ2n) is 4.66. The van der Waals surface area contributed by atoms with Crippen LogP contribution in [0, 0.1) is 6.92 Å². The Morgan fingerprint density at radius 1 is 1.47 bits per heavy atom. The summed E-state index contributed by atoms with van der Waals surface area (Å²) in [6.07, 6.45) is 0.882. The molecule has 0 aliphatic rings. The Morgan fingerprint density at radius 2 is 2.12 bits per heavy atom. The van der Waals surface area contributed by atoms with Gasteiger partial charge in [0.1, 0.15) is 0 Å². The van der Waals surface area contributed by atoms with Gasteiger partial charge in [0.15, 0.2) is 0 Å². The molecule has 17 heavy (non-hydrogen) atoms. The summed E-state index contributed by atoms with van der Waals surface area (Å²) in [4.78, 5) is 0. The van der Waals surface area contributed by atoms with Crippen molar-refractivity contribution in [2.45, 2.75) is 52.8 Å². The van der Waals surface area contributed by atoms with Gasteiger partial charge in [-0.15, -0.1) is 0 Å². The summed E-state index contributed by atoms with van der Waals surface area (Å²) in [5.74, 6) is 0. The van der Waals surface area contributed by atoms with Crippen LogP contribution in [0.2, 0.25) is 5.02 Å². The molecule has 98 valence electrons. The third-order valence-corrected chi connectivity index (χ3v) is 3.42. The quantitative estimate of drug-likeness (QED) is 0.854. The molecule has 0 saturated heterocycles. The number of nitrogens with zero attached hydrogens (tertiary/aromatic N) is 2. The second kappa shape index (κ2) is 5.85. The third kappa shape index (κ3) is 3.69. The first kappa shape index (κ1) is 14.5. The van der Waals surface area contributed by atoms with E-state index in [2.05, 4.69) is 12.0 Å². The summed E-state index contributed by atoms with van der Waals surface area (Å²) < 4.78 is 7.51. The van der Waals surface area contributed by atoms with Gasteiger partial charge in [-0.2, -0.15) is 5.10 Å². The van der Waals surface area contributed by atoms with E-state index in [1.807, 2.05) is 25.5 Å². The highest BCUT2D eigenvalue weighted by Gasteiger charge is 2.17. The Balaban J connectivity index is 2.63. The average Bonchev–Trinajstić information content (AvgIpc) is 2.56. The van der Waals surface area contributed by atoms with E-state index in [1.54, 1.807) is 0 Å². The fourth-order valence-electron chi connectivity index (χ4n) is 1.49. The molecule has 5 heteroatoms.